The molecular weight excluding hydrogens is 282 g/mol. The zero-order valence-corrected chi connectivity index (χ0v) is 11.0. The fourth-order valence-corrected chi connectivity index (χ4v) is 2.79. The molecule has 5 heteroatoms. The van der Waals surface area contributed by atoms with E-state index in [2.05, 4.69) is 26.2 Å². The van der Waals surface area contributed by atoms with E-state index in [1.807, 2.05) is 22.8 Å². The van der Waals surface area contributed by atoms with E-state index in [9.17, 15) is 4.79 Å². The predicted octanol–water partition coefficient (Wildman–Crippen LogP) is 1.84. The zero-order chi connectivity index (χ0) is 11.8. The summed E-state index contributed by atoms with van der Waals surface area (Å²) in [6.45, 7) is 1.81. The highest BCUT2D eigenvalue weighted by Crippen LogP contribution is 2.18. The van der Waals surface area contributed by atoms with Gasteiger partial charge in [-0.05, 0) is 37.6 Å². The van der Waals surface area contributed by atoms with Gasteiger partial charge in [0.15, 0.2) is 0 Å². The van der Waals surface area contributed by atoms with Crippen molar-refractivity contribution in [3.63, 3.8) is 0 Å². The number of aromatic amines is 1. The third-order valence-corrected chi connectivity index (χ3v) is 3.80. The quantitative estimate of drug-likeness (QED) is 0.888. The van der Waals surface area contributed by atoms with Gasteiger partial charge in [-0.3, -0.25) is 4.57 Å². The number of benzene rings is 1. The van der Waals surface area contributed by atoms with Crippen LogP contribution in [0.2, 0.25) is 0 Å². The van der Waals surface area contributed by atoms with Crippen LogP contribution in [-0.2, 0) is 6.54 Å². The molecule has 0 amide bonds. The highest BCUT2D eigenvalue weighted by molar-refractivity contribution is 9.10. The van der Waals surface area contributed by atoms with Crippen molar-refractivity contribution in [2.75, 3.05) is 6.54 Å². The lowest BCUT2D eigenvalue weighted by Crippen LogP contribution is -2.31. The molecule has 4 nitrogen and oxygen atoms in total. The van der Waals surface area contributed by atoms with E-state index in [-0.39, 0.29) is 5.69 Å². The van der Waals surface area contributed by atoms with Crippen molar-refractivity contribution in [1.82, 2.24) is 14.9 Å². The third-order valence-electron chi connectivity index (χ3n) is 3.30. The van der Waals surface area contributed by atoms with Crippen LogP contribution in [0, 0.1) is 0 Å². The van der Waals surface area contributed by atoms with Crippen molar-refractivity contribution < 1.29 is 0 Å². The van der Waals surface area contributed by atoms with Crippen LogP contribution in [0.3, 0.4) is 0 Å². The molecule has 1 aromatic carbocycles. The summed E-state index contributed by atoms with van der Waals surface area (Å²) >= 11 is 3.44. The van der Waals surface area contributed by atoms with Crippen LogP contribution in [0.5, 0.6) is 0 Å². The average Bonchev–Trinajstić information content (AvgIpc) is 2.90. The molecule has 0 bridgehead atoms. The Morgan fingerprint density at radius 2 is 2.35 bits per heavy atom. The molecule has 1 fully saturated rings. The molecule has 0 aliphatic carbocycles. The van der Waals surface area contributed by atoms with E-state index in [1.54, 1.807) is 0 Å². The van der Waals surface area contributed by atoms with Crippen molar-refractivity contribution >= 4 is 27.0 Å². The fourth-order valence-electron chi connectivity index (χ4n) is 2.44. The third kappa shape index (κ3) is 2.05. The number of nitrogens with one attached hydrogen (secondary N) is 2. The second-order valence-electron chi connectivity index (χ2n) is 4.50. The lowest BCUT2D eigenvalue weighted by molar-refractivity contribution is 0.509. The first-order valence-corrected chi connectivity index (χ1v) is 6.65. The maximum atomic E-state index is 11.9. The van der Waals surface area contributed by atoms with Gasteiger partial charge in [0, 0.05) is 17.1 Å². The molecule has 2 aromatic rings. The summed E-state index contributed by atoms with van der Waals surface area (Å²) in [6.07, 6.45) is 2.35. The second kappa shape index (κ2) is 4.31. The Morgan fingerprint density at radius 1 is 1.47 bits per heavy atom. The Kier molecular flexibility index (Phi) is 2.80. The summed E-state index contributed by atoms with van der Waals surface area (Å²) in [5.41, 5.74) is 1.85. The van der Waals surface area contributed by atoms with Crippen molar-refractivity contribution in [1.29, 1.82) is 0 Å². The number of hydrogen-bond donors (Lipinski definition) is 2. The van der Waals surface area contributed by atoms with Crippen molar-refractivity contribution in [2.45, 2.75) is 25.4 Å². The monoisotopic (exact) mass is 295 g/mol. The Hall–Kier alpha value is -1.07. The van der Waals surface area contributed by atoms with Crippen LogP contribution in [0.1, 0.15) is 12.8 Å². The topological polar surface area (TPSA) is 49.8 Å². The van der Waals surface area contributed by atoms with E-state index in [1.165, 1.54) is 6.42 Å². The molecule has 90 valence electrons. The van der Waals surface area contributed by atoms with Crippen LogP contribution in [0.4, 0.5) is 0 Å². The van der Waals surface area contributed by atoms with Gasteiger partial charge in [0.1, 0.15) is 0 Å². The molecule has 1 unspecified atom stereocenters. The SMILES string of the molecule is O=c1[nH]c2ccc(Br)cc2n1CC1CCCN1. The van der Waals surface area contributed by atoms with Gasteiger partial charge in [0.2, 0.25) is 0 Å². The maximum absolute atomic E-state index is 11.9. The second-order valence-corrected chi connectivity index (χ2v) is 5.41. The van der Waals surface area contributed by atoms with Crippen LogP contribution in [0.15, 0.2) is 27.5 Å². The van der Waals surface area contributed by atoms with Crippen LogP contribution in [0.25, 0.3) is 11.0 Å². The Bertz CT molecular complexity index is 595. The summed E-state index contributed by atoms with van der Waals surface area (Å²) in [6, 6.07) is 6.28. The smallest absolute Gasteiger partial charge is 0.312 e. The minimum absolute atomic E-state index is 0.0215. The maximum Gasteiger partial charge on any atom is 0.326 e. The summed E-state index contributed by atoms with van der Waals surface area (Å²) in [7, 11) is 0. The molecule has 0 saturated carbocycles. The fraction of sp³-hybridized carbons (Fsp3) is 0.417. The molecule has 0 spiro atoms. The number of halogens is 1. The highest BCUT2D eigenvalue weighted by atomic mass is 79.9. The number of fused-ring (bicyclic) bond motifs is 1. The first-order chi connectivity index (χ1) is 8.24. The standard InChI is InChI=1S/C12H14BrN3O/c13-8-3-4-10-11(6-8)16(12(17)15-10)7-9-2-1-5-14-9/h3-4,6,9,14H,1-2,5,7H2,(H,15,17). The molecule has 1 saturated heterocycles. The number of H-pyrrole nitrogens is 1. The molecule has 3 rings (SSSR count). The molecule has 17 heavy (non-hydrogen) atoms. The van der Waals surface area contributed by atoms with Gasteiger partial charge >= 0.3 is 5.69 Å². The van der Waals surface area contributed by atoms with Gasteiger partial charge in [-0.1, -0.05) is 15.9 Å². The molecule has 2 heterocycles. The van der Waals surface area contributed by atoms with E-state index in [0.29, 0.717) is 6.04 Å². The summed E-state index contributed by atoms with van der Waals surface area (Å²) < 4.78 is 2.82. The minimum Gasteiger partial charge on any atom is -0.312 e. The summed E-state index contributed by atoms with van der Waals surface area (Å²) in [4.78, 5) is 14.8. The molecule has 1 aromatic heterocycles. The average molecular weight is 296 g/mol. The zero-order valence-electron chi connectivity index (χ0n) is 9.37. The molecule has 2 N–H and O–H groups in total. The summed E-state index contributed by atoms with van der Waals surface area (Å²) in [5.74, 6) is 0. The number of imidazole rings is 1. The Balaban J connectivity index is 2.04. The van der Waals surface area contributed by atoms with Crippen LogP contribution < -0.4 is 11.0 Å². The van der Waals surface area contributed by atoms with Gasteiger partial charge in [0.25, 0.3) is 0 Å². The highest BCUT2D eigenvalue weighted by Gasteiger charge is 2.17. The molecular formula is C12H14BrN3O. The number of nitrogens with zero attached hydrogens (tertiary/aromatic N) is 1. The minimum atomic E-state index is -0.0215. The first-order valence-electron chi connectivity index (χ1n) is 5.85. The van der Waals surface area contributed by atoms with Crippen LogP contribution in [-0.4, -0.2) is 22.1 Å². The number of hydrogen-bond acceptors (Lipinski definition) is 2. The summed E-state index contributed by atoms with van der Waals surface area (Å²) in [5, 5.41) is 3.42. The predicted molar refractivity (Wildman–Crippen MR) is 71.3 cm³/mol. The van der Waals surface area contributed by atoms with Gasteiger partial charge in [-0.2, -0.15) is 0 Å². The lowest BCUT2D eigenvalue weighted by Gasteiger charge is -2.10. The Morgan fingerprint density at radius 3 is 3.12 bits per heavy atom. The van der Waals surface area contributed by atoms with E-state index >= 15 is 0 Å². The van der Waals surface area contributed by atoms with Crippen molar-refractivity contribution in [3.8, 4) is 0 Å². The molecule has 0 radical (unpaired) electrons. The molecule has 1 atom stereocenters. The van der Waals surface area contributed by atoms with Crippen LogP contribution >= 0.6 is 15.9 Å². The van der Waals surface area contributed by atoms with Gasteiger partial charge in [-0.25, -0.2) is 4.79 Å². The largest absolute Gasteiger partial charge is 0.326 e. The molecule has 1 aliphatic rings. The molecule has 1 aliphatic heterocycles. The van der Waals surface area contributed by atoms with Gasteiger partial charge in [-0.15, -0.1) is 0 Å². The van der Waals surface area contributed by atoms with E-state index < -0.39 is 0 Å². The number of rotatable bonds is 2. The lowest BCUT2D eigenvalue weighted by atomic mass is 10.2. The van der Waals surface area contributed by atoms with Crippen molar-refractivity contribution in [3.05, 3.63) is 33.2 Å². The van der Waals surface area contributed by atoms with Gasteiger partial charge < -0.3 is 10.3 Å². The Labute approximate surface area is 107 Å². The first kappa shape index (κ1) is 11.0. The van der Waals surface area contributed by atoms with Gasteiger partial charge in [0.05, 0.1) is 11.0 Å². The van der Waals surface area contributed by atoms with Crippen molar-refractivity contribution in [2.24, 2.45) is 0 Å². The van der Waals surface area contributed by atoms with E-state index in [0.717, 1.165) is 35.0 Å². The normalized spacial score (nSPS) is 20.2. The van der Waals surface area contributed by atoms with E-state index in [4.69, 9.17) is 0 Å². The number of aromatic nitrogens is 2.